The van der Waals surface area contributed by atoms with Crippen LogP contribution in [0.3, 0.4) is 0 Å². The average Bonchev–Trinajstić information content (AvgIpc) is 2.62. The number of rotatable bonds is 3. The smallest absolute Gasteiger partial charge is 0.255 e. The van der Waals surface area contributed by atoms with E-state index in [0.717, 1.165) is 27.9 Å². The molecule has 0 bridgehead atoms. The van der Waals surface area contributed by atoms with Crippen LogP contribution in [0.1, 0.15) is 36.7 Å². The lowest BCUT2D eigenvalue weighted by Gasteiger charge is -2.19. The molecule has 0 unspecified atom stereocenters. The van der Waals surface area contributed by atoms with Crippen molar-refractivity contribution >= 4 is 34.2 Å². The Bertz CT molecular complexity index is 836. The van der Waals surface area contributed by atoms with Gasteiger partial charge in [0, 0.05) is 17.0 Å². The molecule has 0 aliphatic carbocycles. The average molecular weight is 366 g/mol. The molecule has 0 fully saturated rings. The number of carbonyl (C=O) groups is 1. The third-order valence-electron chi connectivity index (χ3n) is 3.58. The number of nitrogens with one attached hydrogen (secondary N) is 2. The van der Waals surface area contributed by atoms with Gasteiger partial charge in [-0.25, -0.2) is 0 Å². The van der Waals surface area contributed by atoms with Crippen molar-refractivity contribution in [1.82, 2.24) is 5.43 Å². The predicted molar refractivity (Wildman–Crippen MR) is 110 cm³/mol. The molecule has 0 radical (unpaired) electrons. The molecule has 5 nitrogen and oxygen atoms in total. The number of thioether (sulfide) groups is 1. The van der Waals surface area contributed by atoms with E-state index in [4.69, 9.17) is 0 Å². The summed E-state index contributed by atoms with van der Waals surface area (Å²) in [6, 6.07) is 16.9. The molecule has 1 amide bonds. The fourth-order valence-electron chi connectivity index (χ4n) is 2.37. The molecule has 3 rings (SSSR count). The number of carbonyl (C=O) groups excluding carboxylic acids is 1. The van der Waals surface area contributed by atoms with Crippen LogP contribution in [-0.4, -0.2) is 28.1 Å². The monoisotopic (exact) mass is 366 g/mol. The van der Waals surface area contributed by atoms with Crippen molar-refractivity contribution < 1.29 is 4.79 Å². The summed E-state index contributed by atoms with van der Waals surface area (Å²) in [5.41, 5.74) is 6.28. The molecule has 26 heavy (non-hydrogen) atoms. The minimum Gasteiger partial charge on any atom is -0.322 e. The van der Waals surface area contributed by atoms with E-state index in [-0.39, 0.29) is 11.4 Å². The molecular formula is C20H22N4OS. The molecule has 0 aromatic heterocycles. The number of hydrogen-bond donors (Lipinski definition) is 2. The molecule has 1 aliphatic heterocycles. The minimum atomic E-state index is -0.124. The van der Waals surface area contributed by atoms with Gasteiger partial charge in [-0.2, -0.15) is 5.10 Å². The summed E-state index contributed by atoms with van der Waals surface area (Å²) in [6.07, 6.45) is 0. The maximum atomic E-state index is 12.2. The molecule has 6 heteroatoms. The Hall–Kier alpha value is -2.60. The fourth-order valence-corrected chi connectivity index (χ4v) is 3.32. The number of nitrogens with zero attached hydrogens (tertiary/aromatic N) is 2. The third kappa shape index (κ3) is 4.95. The van der Waals surface area contributed by atoms with Crippen molar-refractivity contribution in [2.45, 2.75) is 26.3 Å². The lowest BCUT2D eigenvalue weighted by atomic mass is 10.1. The highest BCUT2D eigenvalue weighted by molar-refractivity contribution is 8.14. The SMILES string of the molecule is CC(C)(C)N=C1NN=C(c2ccc(NC(=O)c3ccccc3)cc2)CS1. The van der Waals surface area contributed by atoms with E-state index in [9.17, 15) is 4.79 Å². The fraction of sp³-hybridized carbons (Fsp3) is 0.250. The molecule has 2 aromatic carbocycles. The lowest BCUT2D eigenvalue weighted by molar-refractivity contribution is 0.102. The summed E-state index contributed by atoms with van der Waals surface area (Å²) in [5, 5.41) is 8.17. The van der Waals surface area contributed by atoms with Gasteiger partial charge in [0.05, 0.1) is 11.3 Å². The van der Waals surface area contributed by atoms with Crippen LogP contribution >= 0.6 is 11.8 Å². The molecule has 0 saturated carbocycles. The van der Waals surface area contributed by atoms with Gasteiger partial charge in [0.15, 0.2) is 5.17 Å². The summed E-state index contributed by atoms with van der Waals surface area (Å²) in [4.78, 5) is 16.8. The van der Waals surface area contributed by atoms with Crippen molar-refractivity contribution in [3.05, 3.63) is 65.7 Å². The minimum absolute atomic E-state index is 0.117. The maximum Gasteiger partial charge on any atom is 0.255 e. The summed E-state index contributed by atoms with van der Waals surface area (Å²) >= 11 is 1.64. The van der Waals surface area contributed by atoms with Gasteiger partial charge in [0.1, 0.15) is 0 Å². The molecule has 1 aliphatic rings. The molecule has 0 atom stereocenters. The first-order valence-corrected chi connectivity index (χ1v) is 9.41. The Labute approximate surface area is 158 Å². The Balaban J connectivity index is 1.65. The molecule has 2 N–H and O–H groups in total. The lowest BCUT2D eigenvalue weighted by Crippen LogP contribution is -2.28. The Morgan fingerprint density at radius 3 is 2.38 bits per heavy atom. The van der Waals surface area contributed by atoms with Gasteiger partial charge < -0.3 is 5.32 Å². The van der Waals surface area contributed by atoms with E-state index in [1.165, 1.54) is 0 Å². The van der Waals surface area contributed by atoms with Crippen LogP contribution in [0.15, 0.2) is 64.7 Å². The number of amides is 1. The zero-order valence-corrected chi connectivity index (χ0v) is 15.9. The Morgan fingerprint density at radius 2 is 1.81 bits per heavy atom. The molecule has 2 aromatic rings. The van der Waals surface area contributed by atoms with Gasteiger partial charge in [0.25, 0.3) is 5.91 Å². The van der Waals surface area contributed by atoms with Crippen molar-refractivity contribution in [2.24, 2.45) is 10.1 Å². The van der Waals surface area contributed by atoms with Gasteiger partial charge in [-0.3, -0.25) is 15.2 Å². The van der Waals surface area contributed by atoms with Crippen LogP contribution < -0.4 is 10.7 Å². The number of anilines is 1. The van der Waals surface area contributed by atoms with E-state index in [1.807, 2.05) is 42.5 Å². The highest BCUT2D eigenvalue weighted by Gasteiger charge is 2.16. The van der Waals surface area contributed by atoms with Crippen LogP contribution in [0.4, 0.5) is 5.69 Å². The van der Waals surface area contributed by atoms with Crippen LogP contribution in [0, 0.1) is 0 Å². The second-order valence-electron chi connectivity index (χ2n) is 6.94. The van der Waals surface area contributed by atoms with Crippen molar-refractivity contribution in [3.63, 3.8) is 0 Å². The topological polar surface area (TPSA) is 65.8 Å². The maximum absolute atomic E-state index is 12.2. The van der Waals surface area contributed by atoms with Crippen LogP contribution in [0.25, 0.3) is 0 Å². The van der Waals surface area contributed by atoms with Crippen molar-refractivity contribution in [3.8, 4) is 0 Å². The van der Waals surface area contributed by atoms with E-state index < -0.39 is 0 Å². The highest BCUT2D eigenvalue weighted by Crippen LogP contribution is 2.18. The third-order valence-corrected chi connectivity index (χ3v) is 4.45. The van der Waals surface area contributed by atoms with E-state index >= 15 is 0 Å². The van der Waals surface area contributed by atoms with Gasteiger partial charge in [-0.05, 0) is 50.6 Å². The normalized spacial score (nSPS) is 16.0. The summed E-state index contributed by atoms with van der Waals surface area (Å²) in [6.45, 7) is 6.18. The Kier molecular flexibility index (Phi) is 5.42. The number of hydrazone groups is 1. The first kappa shape index (κ1) is 18.2. The first-order valence-electron chi connectivity index (χ1n) is 8.43. The largest absolute Gasteiger partial charge is 0.322 e. The van der Waals surface area contributed by atoms with Crippen LogP contribution in [-0.2, 0) is 0 Å². The van der Waals surface area contributed by atoms with E-state index in [1.54, 1.807) is 23.9 Å². The molecule has 0 spiro atoms. The standard InChI is InChI=1S/C20H22N4OS/c1-20(2,3)22-19-24-23-17(13-26-19)14-9-11-16(12-10-14)21-18(25)15-7-5-4-6-8-15/h4-12H,13H2,1-3H3,(H,21,25)(H,22,24). The Morgan fingerprint density at radius 1 is 1.12 bits per heavy atom. The number of amidine groups is 1. The van der Waals surface area contributed by atoms with Gasteiger partial charge in [-0.1, -0.05) is 42.1 Å². The van der Waals surface area contributed by atoms with Gasteiger partial charge in [-0.15, -0.1) is 0 Å². The van der Waals surface area contributed by atoms with E-state index in [2.05, 4.69) is 41.6 Å². The van der Waals surface area contributed by atoms with Crippen LogP contribution in [0.2, 0.25) is 0 Å². The second-order valence-corrected chi connectivity index (χ2v) is 7.91. The zero-order valence-electron chi connectivity index (χ0n) is 15.1. The quantitative estimate of drug-likeness (QED) is 0.858. The number of aliphatic imine (C=N–C) groups is 1. The summed E-state index contributed by atoms with van der Waals surface area (Å²) in [5.74, 6) is 0.645. The zero-order chi connectivity index (χ0) is 18.6. The summed E-state index contributed by atoms with van der Waals surface area (Å²) < 4.78 is 0. The van der Waals surface area contributed by atoms with Crippen molar-refractivity contribution in [1.29, 1.82) is 0 Å². The van der Waals surface area contributed by atoms with E-state index in [0.29, 0.717) is 5.56 Å². The van der Waals surface area contributed by atoms with Gasteiger partial charge >= 0.3 is 0 Å². The van der Waals surface area contributed by atoms with Gasteiger partial charge in [0.2, 0.25) is 0 Å². The van der Waals surface area contributed by atoms with Crippen molar-refractivity contribution in [2.75, 3.05) is 11.1 Å². The summed E-state index contributed by atoms with van der Waals surface area (Å²) in [7, 11) is 0. The predicted octanol–water partition coefficient (Wildman–Crippen LogP) is 4.13. The molecule has 134 valence electrons. The molecule has 0 saturated heterocycles. The second kappa shape index (κ2) is 7.74. The first-order chi connectivity index (χ1) is 12.4. The van der Waals surface area contributed by atoms with Crippen LogP contribution in [0.5, 0.6) is 0 Å². The molecule has 1 heterocycles. The highest BCUT2D eigenvalue weighted by atomic mass is 32.2. The number of benzene rings is 2. The molecular weight excluding hydrogens is 344 g/mol. The number of hydrogen-bond acceptors (Lipinski definition) is 4.